The number of aromatic nitrogens is 1. The first kappa shape index (κ1) is 15.9. The molecule has 1 rings (SSSR count). The van der Waals surface area contributed by atoms with Gasteiger partial charge in [0, 0.05) is 30.4 Å². The summed E-state index contributed by atoms with van der Waals surface area (Å²) >= 11 is 0. The van der Waals surface area contributed by atoms with Gasteiger partial charge >= 0.3 is 0 Å². The van der Waals surface area contributed by atoms with Crippen LogP contribution in [-0.2, 0) is 6.54 Å². The molecule has 0 radical (unpaired) electrons. The Morgan fingerprint density at radius 3 is 2.68 bits per heavy atom. The van der Waals surface area contributed by atoms with Crippen molar-refractivity contribution in [3.05, 3.63) is 24.0 Å². The lowest BCUT2D eigenvalue weighted by molar-refractivity contribution is 0.277. The molecule has 4 nitrogen and oxygen atoms in total. The lowest BCUT2D eigenvalue weighted by atomic mass is 10.1. The molecule has 0 spiro atoms. The summed E-state index contributed by atoms with van der Waals surface area (Å²) in [7, 11) is 4.14. The smallest absolute Gasteiger partial charge is 0.142 e. The van der Waals surface area contributed by atoms with Crippen molar-refractivity contribution in [2.24, 2.45) is 0 Å². The molecule has 0 fully saturated rings. The molecule has 108 valence electrons. The second kappa shape index (κ2) is 7.46. The van der Waals surface area contributed by atoms with Crippen molar-refractivity contribution in [1.29, 1.82) is 0 Å². The molecule has 1 aromatic heterocycles. The van der Waals surface area contributed by atoms with Crippen LogP contribution in [0, 0.1) is 0 Å². The Balaban J connectivity index is 2.48. The van der Waals surface area contributed by atoms with Gasteiger partial charge in [-0.2, -0.15) is 0 Å². The highest BCUT2D eigenvalue weighted by molar-refractivity contribution is 5.29. The van der Waals surface area contributed by atoms with Crippen LogP contribution < -0.4 is 10.1 Å². The lowest BCUT2D eigenvalue weighted by Crippen LogP contribution is -2.35. The molecule has 0 atom stereocenters. The van der Waals surface area contributed by atoms with Crippen LogP contribution in [0.15, 0.2) is 18.5 Å². The molecule has 0 aliphatic carbocycles. The molecule has 19 heavy (non-hydrogen) atoms. The number of hydrogen-bond acceptors (Lipinski definition) is 4. The van der Waals surface area contributed by atoms with E-state index in [1.807, 2.05) is 12.3 Å². The highest BCUT2D eigenvalue weighted by atomic mass is 16.5. The van der Waals surface area contributed by atoms with Gasteiger partial charge in [-0.1, -0.05) is 0 Å². The molecule has 0 amide bonds. The molecule has 0 aromatic carbocycles. The van der Waals surface area contributed by atoms with E-state index in [2.05, 4.69) is 50.1 Å². The summed E-state index contributed by atoms with van der Waals surface area (Å²) < 4.78 is 5.82. The average Bonchev–Trinajstić information content (AvgIpc) is 2.32. The van der Waals surface area contributed by atoms with E-state index in [0.717, 1.165) is 37.4 Å². The molecule has 0 aliphatic heterocycles. The van der Waals surface area contributed by atoms with Crippen LogP contribution in [0.1, 0.15) is 32.8 Å². The van der Waals surface area contributed by atoms with Crippen molar-refractivity contribution in [3.63, 3.8) is 0 Å². The number of rotatable bonds is 7. The number of pyridine rings is 1. The molecule has 1 N–H and O–H groups in total. The topological polar surface area (TPSA) is 37.4 Å². The van der Waals surface area contributed by atoms with Gasteiger partial charge in [-0.15, -0.1) is 0 Å². The third kappa shape index (κ3) is 7.13. The third-order valence-corrected chi connectivity index (χ3v) is 2.69. The maximum Gasteiger partial charge on any atom is 0.142 e. The number of hydrogen-bond donors (Lipinski definition) is 1. The number of nitrogens with zero attached hydrogens (tertiary/aromatic N) is 2. The zero-order valence-electron chi connectivity index (χ0n) is 12.9. The van der Waals surface area contributed by atoms with Gasteiger partial charge in [0.1, 0.15) is 5.75 Å². The molecule has 0 aliphatic rings. The van der Waals surface area contributed by atoms with Crippen LogP contribution >= 0.6 is 0 Å². The highest BCUT2D eigenvalue weighted by Gasteiger charge is 2.10. The summed E-state index contributed by atoms with van der Waals surface area (Å²) in [5.41, 5.74) is 1.26. The number of ether oxygens (including phenoxy) is 1. The van der Waals surface area contributed by atoms with E-state index in [4.69, 9.17) is 4.74 Å². The van der Waals surface area contributed by atoms with Crippen molar-refractivity contribution >= 4 is 0 Å². The van der Waals surface area contributed by atoms with Gasteiger partial charge in [0.2, 0.25) is 0 Å². The molecular weight excluding hydrogens is 238 g/mol. The molecule has 0 bridgehead atoms. The molecule has 0 saturated heterocycles. The number of nitrogens with one attached hydrogen (secondary N) is 1. The van der Waals surface area contributed by atoms with Gasteiger partial charge in [-0.05, 0) is 47.4 Å². The zero-order chi connectivity index (χ0) is 14.3. The van der Waals surface area contributed by atoms with Gasteiger partial charge in [0.15, 0.2) is 0 Å². The summed E-state index contributed by atoms with van der Waals surface area (Å²) in [6.07, 6.45) is 4.63. The maximum absolute atomic E-state index is 5.82. The van der Waals surface area contributed by atoms with Gasteiger partial charge in [0.25, 0.3) is 0 Å². The van der Waals surface area contributed by atoms with Gasteiger partial charge in [-0.3, -0.25) is 4.98 Å². The van der Waals surface area contributed by atoms with Gasteiger partial charge in [0.05, 0.1) is 12.8 Å². The first-order chi connectivity index (χ1) is 8.88. The van der Waals surface area contributed by atoms with Crippen molar-refractivity contribution in [3.8, 4) is 5.75 Å². The Bertz CT molecular complexity index is 372. The van der Waals surface area contributed by atoms with Crippen molar-refractivity contribution in [2.75, 3.05) is 27.2 Å². The summed E-state index contributed by atoms with van der Waals surface area (Å²) in [4.78, 5) is 6.30. The monoisotopic (exact) mass is 265 g/mol. The van der Waals surface area contributed by atoms with E-state index in [1.54, 1.807) is 6.20 Å². The van der Waals surface area contributed by atoms with Crippen LogP contribution in [0.5, 0.6) is 5.75 Å². The van der Waals surface area contributed by atoms with Crippen LogP contribution in [0.4, 0.5) is 0 Å². The van der Waals surface area contributed by atoms with Crippen molar-refractivity contribution in [2.45, 2.75) is 39.3 Å². The fourth-order valence-electron chi connectivity index (χ4n) is 1.61. The molecule has 4 heteroatoms. The first-order valence-electron chi connectivity index (χ1n) is 6.84. The SMILES string of the molecule is CN(C)CCCOc1cnccc1CNC(C)(C)C. The van der Waals surface area contributed by atoms with E-state index in [0.29, 0.717) is 0 Å². The quantitative estimate of drug-likeness (QED) is 0.768. The van der Waals surface area contributed by atoms with E-state index in [-0.39, 0.29) is 5.54 Å². The Morgan fingerprint density at radius 2 is 2.05 bits per heavy atom. The average molecular weight is 265 g/mol. The van der Waals surface area contributed by atoms with Crippen molar-refractivity contribution in [1.82, 2.24) is 15.2 Å². The van der Waals surface area contributed by atoms with E-state index in [9.17, 15) is 0 Å². The Labute approximate surface area is 117 Å². The minimum atomic E-state index is 0.103. The van der Waals surface area contributed by atoms with Crippen LogP contribution in [0.2, 0.25) is 0 Å². The molecule has 1 aromatic rings. The largest absolute Gasteiger partial charge is 0.492 e. The molecule has 0 unspecified atom stereocenters. The standard InChI is InChI=1S/C15H27N3O/c1-15(2,3)17-11-13-7-8-16-12-14(13)19-10-6-9-18(4)5/h7-8,12,17H,6,9-11H2,1-5H3. The van der Waals surface area contributed by atoms with E-state index in [1.165, 1.54) is 0 Å². The van der Waals surface area contributed by atoms with Crippen LogP contribution in [-0.4, -0.2) is 42.7 Å². The minimum Gasteiger partial charge on any atom is -0.492 e. The lowest BCUT2D eigenvalue weighted by Gasteiger charge is -2.21. The molecule has 1 heterocycles. The normalized spacial score (nSPS) is 11.9. The second-order valence-corrected chi connectivity index (χ2v) is 6.09. The highest BCUT2D eigenvalue weighted by Crippen LogP contribution is 2.17. The molecular formula is C15H27N3O. The first-order valence-corrected chi connectivity index (χ1v) is 6.84. The van der Waals surface area contributed by atoms with Crippen LogP contribution in [0.25, 0.3) is 0 Å². The van der Waals surface area contributed by atoms with Gasteiger partial charge in [-0.25, -0.2) is 0 Å². The zero-order valence-corrected chi connectivity index (χ0v) is 12.9. The predicted molar refractivity (Wildman–Crippen MR) is 79.5 cm³/mol. The Morgan fingerprint density at radius 1 is 1.32 bits per heavy atom. The third-order valence-electron chi connectivity index (χ3n) is 2.69. The fraction of sp³-hybridized carbons (Fsp3) is 0.667. The Hall–Kier alpha value is -1.13. The van der Waals surface area contributed by atoms with Crippen LogP contribution in [0.3, 0.4) is 0 Å². The summed E-state index contributed by atoms with van der Waals surface area (Å²) in [5, 5.41) is 3.47. The second-order valence-electron chi connectivity index (χ2n) is 6.09. The molecule has 0 saturated carbocycles. The van der Waals surface area contributed by atoms with E-state index < -0.39 is 0 Å². The predicted octanol–water partition coefficient (Wildman–Crippen LogP) is 2.30. The fourth-order valence-corrected chi connectivity index (χ4v) is 1.61. The summed E-state index contributed by atoms with van der Waals surface area (Å²) in [5.74, 6) is 0.887. The minimum absolute atomic E-state index is 0.103. The Kier molecular flexibility index (Phi) is 6.25. The van der Waals surface area contributed by atoms with Crippen molar-refractivity contribution < 1.29 is 4.74 Å². The maximum atomic E-state index is 5.82. The van der Waals surface area contributed by atoms with Gasteiger partial charge < -0.3 is 15.0 Å². The summed E-state index contributed by atoms with van der Waals surface area (Å²) in [6, 6.07) is 2.01. The van der Waals surface area contributed by atoms with E-state index >= 15 is 0 Å². The summed E-state index contributed by atoms with van der Waals surface area (Å²) in [6.45, 7) is 9.04.